The third-order valence-corrected chi connectivity index (χ3v) is 12.9. The van der Waals surface area contributed by atoms with Gasteiger partial charge in [-0.2, -0.15) is 0 Å². The van der Waals surface area contributed by atoms with Crippen LogP contribution in [0, 0.1) is 52.3 Å². The van der Waals surface area contributed by atoms with Crippen molar-refractivity contribution in [3.8, 4) is 0 Å². The van der Waals surface area contributed by atoms with Crippen molar-refractivity contribution in [2.24, 2.45) is 52.3 Å². The number of aliphatic hydroxyl groups excluding tert-OH is 3. The van der Waals surface area contributed by atoms with Gasteiger partial charge in [0.1, 0.15) is 0 Å². The maximum Gasteiger partial charge on any atom is 0.0631 e. The third-order valence-electron chi connectivity index (χ3n) is 12.9. The van der Waals surface area contributed by atoms with Crippen LogP contribution in [0.15, 0.2) is 35.5 Å². The van der Waals surface area contributed by atoms with E-state index in [1.165, 1.54) is 76.2 Å². The Kier molecular flexibility index (Phi) is 7.53. The van der Waals surface area contributed by atoms with E-state index in [4.69, 9.17) is 0 Å². The number of hydrogen-bond acceptors (Lipinski definition) is 3. The Morgan fingerprint density at radius 3 is 2.29 bits per heavy atom. The zero-order valence-electron chi connectivity index (χ0n) is 24.3. The fourth-order valence-electron chi connectivity index (χ4n) is 11.2. The van der Waals surface area contributed by atoms with Gasteiger partial charge in [0, 0.05) is 12.3 Å². The fourth-order valence-corrected chi connectivity index (χ4v) is 11.2. The molecule has 0 aromatic rings. The second-order valence-corrected chi connectivity index (χ2v) is 15.3. The van der Waals surface area contributed by atoms with Crippen LogP contribution in [0.3, 0.4) is 0 Å². The summed E-state index contributed by atoms with van der Waals surface area (Å²) in [5.74, 6) is 4.74. The Morgan fingerprint density at radius 2 is 1.61 bits per heavy atom. The molecule has 0 aromatic heterocycles. The number of hydrogen-bond donors (Lipinski definition) is 3. The predicted molar refractivity (Wildman–Crippen MR) is 154 cm³/mol. The number of fused-ring (bicyclic) bond motifs is 1. The molecule has 0 aliphatic heterocycles. The van der Waals surface area contributed by atoms with Crippen molar-refractivity contribution >= 4 is 0 Å². The summed E-state index contributed by atoms with van der Waals surface area (Å²) in [7, 11) is 0. The van der Waals surface area contributed by atoms with E-state index in [0.29, 0.717) is 36.0 Å². The highest BCUT2D eigenvalue weighted by Gasteiger charge is 2.54. The van der Waals surface area contributed by atoms with Crippen LogP contribution in [0.25, 0.3) is 0 Å². The maximum atomic E-state index is 11.4. The van der Waals surface area contributed by atoms with Crippen LogP contribution in [-0.4, -0.2) is 33.6 Å². The first-order chi connectivity index (χ1) is 18.2. The SMILES string of the molecule is C[C@H](/C=C/C[C@@H](O)C12CC3CC(CC(C3)C1)C2)[C@H]1CC[C@H]2/C(=C/C=C3/C[C@@H](O)C[C@H](O)[C@H]3C)CCC[C@]12C. The fraction of sp³-hybridized carbons (Fsp3) is 0.829. The molecule has 3 heteroatoms. The van der Waals surface area contributed by atoms with Crippen molar-refractivity contribution < 1.29 is 15.3 Å². The van der Waals surface area contributed by atoms with Crippen LogP contribution in [0.4, 0.5) is 0 Å². The first kappa shape index (κ1) is 27.3. The van der Waals surface area contributed by atoms with Crippen LogP contribution in [-0.2, 0) is 0 Å². The van der Waals surface area contributed by atoms with Gasteiger partial charge in [-0.05, 0) is 130 Å². The molecule has 8 atom stereocenters. The molecule has 7 rings (SSSR count). The zero-order chi connectivity index (χ0) is 26.7. The van der Waals surface area contributed by atoms with Crippen molar-refractivity contribution in [2.75, 3.05) is 0 Å². The van der Waals surface area contributed by atoms with E-state index in [9.17, 15) is 15.3 Å². The molecule has 4 bridgehead atoms. The molecular weight excluding hydrogens is 468 g/mol. The summed E-state index contributed by atoms with van der Waals surface area (Å²) >= 11 is 0. The lowest BCUT2D eigenvalue weighted by molar-refractivity contribution is -0.118. The normalized spacial score (nSPS) is 50.2. The van der Waals surface area contributed by atoms with Crippen LogP contribution in [0.2, 0.25) is 0 Å². The summed E-state index contributed by atoms with van der Waals surface area (Å²) in [5, 5.41) is 31.9. The topological polar surface area (TPSA) is 60.7 Å². The van der Waals surface area contributed by atoms with Crippen LogP contribution in [0.1, 0.15) is 111 Å². The number of allylic oxidation sites excluding steroid dienone is 4. The summed E-state index contributed by atoms with van der Waals surface area (Å²) in [4.78, 5) is 0. The summed E-state index contributed by atoms with van der Waals surface area (Å²) < 4.78 is 0. The van der Waals surface area contributed by atoms with Gasteiger partial charge in [-0.3, -0.25) is 0 Å². The lowest BCUT2D eigenvalue weighted by atomic mass is 9.48. The Hall–Kier alpha value is -0.900. The highest BCUT2D eigenvalue weighted by Crippen LogP contribution is 2.62. The van der Waals surface area contributed by atoms with Crippen molar-refractivity contribution in [2.45, 2.75) is 129 Å². The molecule has 0 heterocycles. The Morgan fingerprint density at radius 1 is 0.947 bits per heavy atom. The van der Waals surface area contributed by atoms with E-state index in [1.54, 1.807) is 5.57 Å². The largest absolute Gasteiger partial charge is 0.393 e. The van der Waals surface area contributed by atoms with Crippen molar-refractivity contribution in [1.29, 1.82) is 0 Å². The first-order valence-electron chi connectivity index (χ1n) is 16.3. The Labute approximate surface area is 231 Å². The Balaban J connectivity index is 1.10. The van der Waals surface area contributed by atoms with E-state index in [2.05, 4.69) is 45.1 Å². The molecule has 0 saturated heterocycles. The van der Waals surface area contributed by atoms with Gasteiger partial charge in [-0.25, -0.2) is 0 Å². The Bertz CT molecular complexity index is 925. The van der Waals surface area contributed by atoms with Crippen molar-refractivity contribution in [1.82, 2.24) is 0 Å². The highest BCUT2D eigenvalue weighted by atomic mass is 16.3. The molecule has 3 nitrogen and oxygen atoms in total. The van der Waals surface area contributed by atoms with E-state index in [-0.39, 0.29) is 17.4 Å². The molecule has 0 unspecified atom stereocenters. The molecule has 0 radical (unpaired) electrons. The third kappa shape index (κ3) is 4.92. The minimum absolute atomic E-state index is 0.139. The van der Waals surface area contributed by atoms with Gasteiger partial charge in [0.2, 0.25) is 0 Å². The van der Waals surface area contributed by atoms with Crippen LogP contribution >= 0.6 is 0 Å². The van der Waals surface area contributed by atoms with Gasteiger partial charge in [0.25, 0.3) is 0 Å². The van der Waals surface area contributed by atoms with E-state index < -0.39 is 12.2 Å². The first-order valence-corrected chi connectivity index (χ1v) is 16.3. The molecule has 0 spiro atoms. The van der Waals surface area contributed by atoms with Gasteiger partial charge in [0.15, 0.2) is 0 Å². The minimum atomic E-state index is -0.426. The van der Waals surface area contributed by atoms with Gasteiger partial charge in [-0.15, -0.1) is 0 Å². The van der Waals surface area contributed by atoms with Gasteiger partial charge >= 0.3 is 0 Å². The monoisotopic (exact) mass is 522 g/mol. The standard InChI is InChI=1S/C35H54O3/c1-22(6-4-8-33(38)35-19-24-14-25(20-35)16-26(15-24)21-35)30-11-12-31-27(7-5-13-34(30,31)3)9-10-28-17-29(36)18-32(37)23(28)2/h4,6,9-10,22-26,29-33,36-38H,5,7-8,11-21H2,1-3H3/b6-4+,27-9+,28-10-/t22-,23+,24?,25?,26?,29-,30-,31+,32+,33-,34-,35?/m1/s1. The lowest BCUT2D eigenvalue weighted by Crippen LogP contribution is -2.51. The molecular formula is C35H54O3. The molecule has 7 aliphatic carbocycles. The maximum absolute atomic E-state index is 11.4. The molecule has 7 saturated carbocycles. The van der Waals surface area contributed by atoms with E-state index >= 15 is 0 Å². The molecule has 7 fully saturated rings. The minimum Gasteiger partial charge on any atom is -0.393 e. The second-order valence-electron chi connectivity index (χ2n) is 15.3. The summed E-state index contributed by atoms with van der Waals surface area (Å²) in [6.45, 7) is 7.09. The average Bonchev–Trinajstić information content (AvgIpc) is 3.22. The average molecular weight is 523 g/mol. The molecule has 0 aromatic carbocycles. The zero-order valence-corrected chi connectivity index (χ0v) is 24.3. The molecule has 0 amide bonds. The number of rotatable bonds is 6. The summed E-state index contributed by atoms with van der Waals surface area (Å²) in [5.41, 5.74) is 3.39. The summed E-state index contributed by atoms with van der Waals surface area (Å²) in [6, 6.07) is 0. The molecule has 212 valence electrons. The van der Waals surface area contributed by atoms with Gasteiger partial charge < -0.3 is 15.3 Å². The lowest BCUT2D eigenvalue weighted by Gasteiger charge is -2.58. The van der Waals surface area contributed by atoms with Crippen molar-refractivity contribution in [3.05, 3.63) is 35.5 Å². The molecule has 38 heavy (non-hydrogen) atoms. The van der Waals surface area contributed by atoms with Crippen molar-refractivity contribution in [3.63, 3.8) is 0 Å². The van der Waals surface area contributed by atoms with Crippen LogP contribution in [0.5, 0.6) is 0 Å². The van der Waals surface area contributed by atoms with Gasteiger partial charge in [-0.1, -0.05) is 56.2 Å². The molecule has 3 N–H and O–H groups in total. The molecule has 7 aliphatic rings. The number of aliphatic hydroxyl groups is 3. The van der Waals surface area contributed by atoms with E-state index in [1.807, 2.05) is 0 Å². The second kappa shape index (κ2) is 10.5. The summed E-state index contributed by atoms with van der Waals surface area (Å²) in [6.07, 6.45) is 25.0. The quantitative estimate of drug-likeness (QED) is 0.319. The van der Waals surface area contributed by atoms with Crippen LogP contribution < -0.4 is 0 Å². The van der Waals surface area contributed by atoms with Gasteiger partial charge in [0.05, 0.1) is 18.3 Å². The smallest absolute Gasteiger partial charge is 0.0631 e. The van der Waals surface area contributed by atoms with E-state index in [0.717, 1.165) is 24.2 Å². The predicted octanol–water partition coefficient (Wildman–Crippen LogP) is 7.37. The highest BCUT2D eigenvalue weighted by molar-refractivity contribution is 5.27.